The molecule has 6 rings (SSSR count). The van der Waals surface area contributed by atoms with Crippen molar-refractivity contribution in [2.45, 2.75) is 94.9 Å². The first-order valence-corrected chi connectivity index (χ1v) is 16.6. The van der Waals surface area contributed by atoms with Crippen LogP contribution in [0, 0.1) is 17.3 Å². The fourth-order valence-electron chi connectivity index (χ4n) is 6.38. The average molecular weight is 598 g/mol. The number of ketones is 1. The SMILES string of the molecule is C[C@H]1CCCCC/C=C\[C@@H]2C[C@@]2(C(=O)NS(=O)(=O)C2(C)CC2)CC(=O)[C@@H]2C[C@@H](Oc3nc4ccccc4o3)CN2C1=O. The number of aromatic nitrogens is 1. The Labute approximate surface area is 246 Å². The van der Waals surface area contributed by atoms with Gasteiger partial charge in [-0.05, 0) is 63.5 Å². The van der Waals surface area contributed by atoms with Gasteiger partial charge in [-0.15, -0.1) is 0 Å². The fourth-order valence-corrected chi connectivity index (χ4v) is 7.72. The van der Waals surface area contributed by atoms with Gasteiger partial charge in [0, 0.05) is 18.8 Å². The summed E-state index contributed by atoms with van der Waals surface area (Å²) in [4.78, 5) is 47.2. The smallest absolute Gasteiger partial charge is 0.394 e. The summed E-state index contributed by atoms with van der Waals surface area (Å²) in [7, 11) is -3.85. The van der Waals surface area contributed by atoms with Gasteiger partial charge in [0.1, 0.15) is 11.6 Å². The van der Waals surface area contributed by atoms with E-state index in [9.17, 15) is 22.8 Å². The zero-order valence-electron chi connectivity index (χ0n) is 24.2. The molecule has 42 heavy (non-hydrogen) atoms. The third-order valence-electron chi connectivity index (χ3n) is 9.66. The molecule has 11 heteroatoms. The van der Waals surface area contributed by atoms with E-state index in [0.29, 0.717) is 30.4 Å². The molecular weight excluding hydrogens is 558 g/mol. The van der Waals surface area contributed by atoms with E-state index in [-0.39, 0.29) is 49.0 Å². The van der Waals surface area contributed by atoms with Crippen molar-refractivity contribution in [1.82, 2.24) is 14.6 Å². The van der Waals surface area contributed by atoms with E-state index >= 15 is 0 Å². The number of fused-ring (bicyclic) bond motifs is 3. The van der Waals surface area contributed by atoms with Crippen LogP contribution in [0.1, 0.15) is 78.1 Å². The number of hydrogen-bond acceptors (Lipinski definition) is 8. The Morgan fingerprint density at radius 2 is 1.95 bits per heavy atom. The number of sulfonamides is 1. The molecule has 0 radical (unpaired) electrons. The second-order valence-electron chi connectivity index (χ2n) is 12.9. The Balaban J connectivity index is 1.25. The normalized spacial score (nSPS) is 32.3. The topological polar surface area (TPSA) is 136 Å². The van der Waals surface area contributed by atoms with Crippen LogP contribution in [0.3, 0.4) is 0 Å². The third-order valence-corrected chi connectivity index (χ3v) is 11.8. The van der Waals surface area contributed by atoms with Gasteiger partial charge in [-0.3, -0.25) is 19.1 Å². The van der Waals surface area contributed by atoms with Crippen molar-refractivity contribution in [3.63, 3.8) is 0 Å². The van der Waals surface area contributed by atoms with Crippen molar-refractivity contribution < 1.29 is 32.0 Å². The van der Waals surface area contributed by atoms with Crippen molar-refractivity contribution in [2.24, 2.45) is 17.3 Å². The zero-order valence-corrected chi connectivity index (χ0v) is 25.0. The Kier molecular flexibility index (Phi) is 7.43. The van der Waals surface area contributed by atoms with Crippen LogP contribution in [0.5, 0.6) is 6.08 Å². The third kappa shape index (κ3) is 5.47. The number of carbonyl (C=O) groups excluding carboxylic acids is 3. The van der Waals surface area contributed by atoms with Crippen LogP contribution in [0.4, 0.5) is 0 Å². The van der Waals surface area contributed by atoms with Crippen molar-refractivity contribution >= 4 is 38.7 Å². The molecule has 226 valence electrons. The zero-order chi connectivity index (χ0) is 29.7. The Morgan fingerprint density at radius 3 is 2.71 bits per heavy atom. The van der Waals surface area contributed by atoms with Crippen LogP contribution in [0.25, 0.3) is 11.1 Å². The summed E-state index contributed by atoms with van der Waals surface area (Å²) in [6, 6.07) is 6.50. The lowest BCUT2D eigenvalue weighted by molar-refractivity contribution is -0.141. The first-order valence-electron chi connectivity index (χ1n) is 15.1. The number of ether oxygens (including phenoxy) is 1. The molecule has 4 aliphatic rings. The largest absolute Gasteiger partial charge is 0.445 e. The van der Waals surface area contributed by atoms with Crippen LogP contribution >= 0.6 is 0 Å². The quantitative estimate of drug-likeness (QED) is 0.504. The summed E-state index contributed by atoms with van der Waals surface area (Å²) >= 11 is 0. The van der Waals surface area contributed by atoms with E-state index < -0.39 is 38.2 Å². The summed E-state index contributed by atoms with van der Waals surface area (Å²) in [5, 5.41) is 0. The molecule has 10 nitrogen and oxygen atoms in total. The highest BCUT2D eigenvalue weighted by molar-refractivity contribution is 7.91. The molecule has 5 atom stereocenters. The molecule has 2 aliphatic carbocycles. The van der Waals surface area contributed by atoms with E-state index in [1.165, 1.54) is 0 Å². The number of Topliss-reactive ketones (excluding diaryl/α,β-unsaturated/α-hetero) is 1. The van der Waals surface area contributed by atoms with Gasteiger partial charge in [0.05, 0.1) is 22.7 Å². The van der Waals surface area contributed by atoms with Gasteiger partial charge in [-0.25, -0.2) is 8.42 Å². The first kappa shape index (κ1) is 28.9. The van der Waals surface area contributed by atoms with Crippen molar-refractivity contribution in [3.05, 3.63) is 36.4 Å². The summed E-state index contributed by atoms with van der Waals surface area (Å²) < 4.78 is 39.0. The molecule has 2 amide bonds. The number of nitrogens with zero attached hydrogens (tertiary/aromatic N) is 2. The summed E-state index contributed by atoms with van der Waals surface area (Å²) in [6.45, 7) is 3.73. The van der Waals surface area contributed by atoms with Crippen LogP contribution in [0.15, 0.2) is 40.8 Å². The molecule has 3 fully saturated rings. The van der Waals surface area contributed by atoms with Gasteiger partial charge < -0.3 is 14.1 Å². The maximum atomic E-state index is 14.0. The molecule has 0 bridgehead atoms. The average Bonchev–Trinajstić information content (AvgIpc) is 3.76. The number of carbonyl (C=O) groups is 3. The van der Waals surface area contributed by atoms with E-state index in [1.807, 2.05) is 37.3 Å². The van der Waals surface area contributed by atoms with Crippen LogP contribution in [-0.2, 0) is 24.4 Å². The fraction of sp³-hybridized carbons (Fsp3) is 0.613. The summed E-state index contributed by atoms with van der Waals surface area (Å²) in [5.41, 5.74) is 0.0832. The maximum Gasteiger partial charge on any atom is 0.394 e. The predicted molar refractivity (Wildman–Crippen MR) is 155 cm³/mol. The van der Waals surface area contributed by atoms with Gasteiger partial charge in [0.2, 0.25) is 21.8 Å². The molecular formula is C31H39N3O7S. The number of oxazole rings is 1. The van der Waals surface area contributed by atoms with Crippen molar-refractivity contribution in [2.75, 3.05) is 6.54 Å². The van der Waals surface area contributed by atoms with Crippen LogP contribution in [0.2, 0.25) is 0 Å². The Morgan fingerprint density at radius 1 is 1.17 bits per heavy atom. The standard InChI is InChI=1S/C31H39N3O7S/c1-20-10-6-4-3-5-7-11-21-17-31(21,28(37)33-42(38,39)30(2)14-15-30)18-25(35)24-16-22(19-34(24)27(20)36)40-29-32-23-12-8-9-13-26(23)41-29/h7-9,11-13,20-22,24H,3-6,10,14-19H2,1-2H3,(H,33,37)/b11-7-/t20-,21+,22+,24-,31+/m0/s1. The van der Waals surface area contributed by atoms with E-state index in [4.69, 9.17) is 9.15 Å². The van der Waals surface area contributed by atoms with Gasteiger partial charge >= 0.3 is 6.08 Å². The minimum absolute atomic E-state index is 0.0823. The lowest BCUT2D eigenvalue weighted by atomic mass is 9.91. The number of para-hydroxylation sites is 2. The predicted octanol–water partition coefficient (Wildman–Crippen LogP) is 4.30. The maximum absolute atomic E-state index is 14.0. The van der Waals surface area contributed by atoms with Gasteiger partial charge in [0.15, 0.2) is 11.4 Å². The van der Waals surface area contributed by atoms with Crippen molar-refractivity contribution in [1.29, 1.82) is 0 Å². The number of hydrogen-bond donors (Lipinski definition) is 1. The Bertz CT molecular complexity index is 1490. The molecule has 1 N–H and O–H groups in total. The second-order valence-corrected chi connectivity index (χ2v) is 15.1. The number of allylic oxidation sites excluding steroid dienone is 2. The van der Waals surface area contributed by atoms with Gasteiger partial charge in [0.25, 0.3) is 0 Å². The second kappa shape index (κ2) is 10.8. The molecule has 2 aromatic rings. The molecule has 3 heterocycles. The molecule has 0 spiro atoms. The highest BCUT2D eigenvalue weighted by Crippen LogP contribution is 2.57. The Hall–Kier alpha value is -3.21. The highest BCUT2D eigenvalue weighted by atomic mass is 32.2. The van der Waals surface area contributed by atoms with E-state index in [2.05, 4.69) is 9.71 Å². The number of benzene rings is 1. The van der Waals surface area contributed by atoms with E-state index in [0.717, 1.165) is 32.1 Å². The van der Waals surface area contributed by atoms with Crippen LogP contribution in [-0.4, -0.2) is 59.3 Å². The summed E-state index contributed by atoms with van der Waals surface area (Å²) in [6.07, 6.45) is 9.48. The summed E-state index contributed by atoms with van der Waals surface area (Å²) in [5.74, 6) is -1.48. The monoisotopic (exact) mass is 597 g/mol. The molecule has 1 saturated heterocycles. The lowest BCUT2D eigenvalue weighted by Crippen LogP contribution is -2.46. The van der Waals surface area contributed by atoms with Crippen LogP contribution < -0.4 is 9.46 Å². The molecule has 2 saturated carbocycles. The van der Waals surface area contributed by atoms with E-state index in [1.54, 1.807) is 17.9 Å². The van der Waals surface area contributed by atoms with Gasteiger partial charge in [-0.2, -0.15) is 4.98 Å². The minimum Gasteiger partial charge on any atom is -0.445 e. The van der Waals surface area contributed by atoms with Gasteiger partial charge in [-0.1, -0.05) is 44.1 Å². The molecule has 1 aromatic heterocycles. The molecule has 0 unspecified atom stereocenters. The molecule has 1 aromatic carbocycles. The molecule has 2 aliphatic heterocycles. The van der Waals surface area contributed by atoms with Crippen molar-refractivity contribution in [3.8, 4) is 6.08 Å². The number of amides is 2. The number of rotatable bonds is 5. The highest BCUT2D eigenvalue weighted by Gasteiger charge is 2.62. The lowest BCUT2D eigenvalue weighted by Gasteiger charge is -2.27. The number of nitrogens with one attached hydrogen (secondary N) is 1. The minimum atomic E-state index is -3.85. The first-order chi connectivity index (χ1) is 20.0.